The largest absolute Gasteiger partial charge is 0.352 e. The fourth-order valence-electron chi connectivity index (χ4n) is 4.35. The summed E-state index contributed by atoms with van der Waals surface area (Å²) in [6.07, 6.45) is 5.07. The lowest BCUT2D eigenvalue weighted by atomic mass is 10.1. The Morgan fingerprint density at radius 2 is 1.74 bits per heavy atom. The van der Waals surface area contributed by atoms with Gasteiger partial charge in [0.2, 0.25) is 21.8 Å². The van der Waals surface area contributed by atoms with Crippen LogP contribution in [-0.2, 0) is 26.2 Å². The molecule has 7 nitrogen and oxygen atoms in total. The average molecular weight is 524 g/mol. The molecule has 0 saturated heterocycles. The van der Waals surface area contributed by atoms with Crippen molar-refractivity contribution >= 4 is 39.1 Å². The van der Waals surface area contributed by atoms with Gasteiger partial charge in [-0.15, -0.1) is 0 Å². The summed E-state index contributed by atoms with van der Waals surface area (Å²) in [5, 5.41) is 3.45. The van der Waals surface area contributed by atoms with Crippen molar-refractivity contribution in [1.82, 2.24) is 10.2 Å². The molecule has 1 aliphatic carbocycles. The van der Waals surface area contributed by atoms with E-state index in [-0.39, 0.29) is 24.2 Å². The number of nitrogens with one attached hydrogen (secondary N) is 1. The molecule has 190 valence electrons. The third kappa shape index (κ3) is 6.95. The van der Waals surface area contributed by atoms with Gasteiger partial charge in [-0.2, -0.15) is 0 Å². The predicted octanol–water partition coefficient (Wildman–Crippen LogP) is 4.11. The van der Waals surface area contributed by atoms with Crippen LogP contribution >= 0.6 is 11.6 Å². The van der Waals surface area contributed by atoms with Crippen molar-refractivity contribution in [3.63, 3.8) is 0 Å². The number of halogens is 2. The minimum atomic E-state index is -4.00. The van der Waals surface area contributed by atoms with Gasteiger partial charge in [0.1, 0.15) is 18.4 Å². The van der Waals surface area contributed by atoms with E-state index in [2.05, 4.69) is 5.32 Å². The molecule has 0 spiro atoms. The highest BCUT2D eigenvalue weighted by Crippen LogP contribution is 2.24. The van der Waals surface area contributed by atoms with E-state index in [1.807, 2.05) is 0 Å². The minimum Gasteiger partial charge on any atom is -0.352 e. The smallest absolute Gasteiger partial charge is 0.244 e. The van der Waals surface area contributed by atoms with Crippen LogP contribution in [0.25, 0.3) is 0 Å². The molecule has 2 aromatic carbocycles. The van der Waals surface area contributed by atoms with Crippen molar-refractivity contribution in [2.75, 3.05) is 17.1 Å². The molecular formula is C25H31ClFN3O4S. The van der Waals surface area contributed by atoms with Crippen molar-refractivity contribution in [2.45, 2.75) is 57.7 Å². The minimum absolute atomic E-state index is 0.00394. The van der Waals surface area contributed by atoms with Gasteiger partial charge in [-0.25, -0.2) is 12.8 Å². The second-order valence-corrected chi connectivity index (χ2v) is 11.1. The highest BCUT2D eigenvalue weighted by molar-refractivity contribution is 7.92. The molecule has 10 heteroatoms. The lowest BCUT2D eigenvalue weighted by Crippen LogP contribution is -2.53. The van der Waals surface area contributed by atoms with Crippen LogP contribution in [-0.4, -0.2) is 50.0 Å². The van der Waals surface area contributed by atoms with Crippen molar-refractivity contribution in [3.05, 3.63) is 64.9 Å². The van der Waals surface area contributed by atoms with Gasteiger partial charge in [0.05, 0.1) is 11.9 Å². The molecule has 0 bridgehead atoms. The molecule has 1 fully saturated rings. The number of sulfonamides is 1. The Bertz CT molecular complexity index is 1150. The molecule has 2 amide bonds. The summed E-state index contributed by atoms with van der Waals surface area (Å²) in [5.74, 6) is -1.70. The summed E-state index contributed by atoms with van der Waals surface area (Å²) in [5.41, 5.74) is 0.385. The second-order valence-electron chi connectivity index (χ2n) is 8.75. The molecule has 0 aliphatic heterocycles. The van der Waals surface area contributed by atoms with Gasteiger partial charge in [-0.3, -0.25) is 13.9 Å². The van der Waals surface area contributed by atoms with Gasteiger partial charge in [-0.05, 0) is 43.0 Å². The number of rotatable bonds is 10. The van der Waals surface area contributed by atoms with Crippen LogP contribution in [0.4, 0.5) is 10.1 Å². The SMILES string of the molecule is CC[C@H](C(=O)NC1CCCC1)N(Cc1ccccc1Cl)C(=O)CN(c1ccccc1F)S(C)(=O)=O. The zero-order valence-electron chi connectivity index (χ0n) is 19.9. The molecule has 0 aromatic heterocycles. The van der Waals surface area contributed by atoms with E-state index in [1.165, 1.54) is 23.1 Å². The number of amides is 2. The second kappa shape index (κ2) is 11.9. The Hall–Kier alpha value is -2.65. The number of hydrogen-bond donors (Lipinski definition) is 1. The quantitative estimate of drug-likeness (QED) is 0.507. The summed E-state index contributed by atoms with van der Waals surface area (Å²) in [4.78, 5) is 28.2. The van der Waals surface area contributed by atoms with Crippen molar-refractivity contribution in [2.24, 2.45) is 0 Å². The van der Waals surface area contributed by atoms with Gasteiger partial charge in [0.15, 0.2) is 0 Å². The fourth-order valence-corrected chi connectivity index (χ4v) is 5.39. The van der Waals surface area contributed by atoms with E-state index < -0.39 is 34.3 Å². The number of para-hydroxylation sites is 1. The van der Waals surface area contributed by atoms with Gasteiger partial charge in [0.25, 0.3) is 0 Å². The van der Waals surface area contributed by atoms with Crippen LogP contribution in [0, 0.1) is 5.82 Å². The number of anilines is 1. The van der Waals surface area contributed by atoms with Crippen molar-refractivity contribution in [1.29, 1.82) is 0 Å². The van der Waals surface area contributed by atoms with E-state index in [4.69, 9.17) is 11.6 Å². The topological polar surface area (TPSA) is 86.8 Å². The van der Waals surface area contributed by atoms with Crippen molar-refractivity contribution in [3.8, 4) is 0 Å². The first kappa shape index (κ1) is 26.9. The highest BCUT2D eigenvalue weighted by Gasteiger charge is 2.33. The third-order valence-electron chi connectivity index (χ3n) is 6.19. The lowest BCUT2D eigenvalue weighted by molar-refractivity contribution is -0.140. The molecule has 0 radical (unpaired) electrons. The van der Waals surface area contributed by atoms with Crippen LogP contribution in [0.2, 0.25) is 5.02 Å². The van der Waals surface area contributed by atoms with Crippen molar-refractivity contribution < 1.29 is 22.4 Å². The normalized spacial score (nSPS) is 15.0. The van der Waals surface area contributed by atoms with Crippen LogP contribution in [0.15, 0.2) is 48.5 Å². The van der Waals surface area contributed by atoms with Gasteiger partial charge in [-0.1, -0.05) is 61.7 Å². The predicted molar refractivity (Wildman–Crippen MR) is 135 cm³/mol. The number of hydrogen-bond acceptors (Lipinski definition) is 4. The van der Waals surface area contributed by atoms with Crippen LogP contribution in [0.3, 0.4) is 0 Å². The van der Waals surface area contributed by atoms with Gasteiger partial charge < -0.3 is 10.2 Å². The molecule has 0 unspecified atom stereocenters. The Kier molecular flexibility index (Phi) is 9.13. The van der Waals surface area contributed by atoms with E-state index in [9.17, 15) is 22.4 Å². The zero-order chi connectivity index (χ0) is 25.6. The fraction of sp³-hybridized carbons (Fsp3) is 0.440. The summed E-state index contributed by atoms with van der Waals surface area (Å²) >= 11 is 6.34. The Morgan fingerprint density at radius 1 is 1.11 bits per heavy atom. The molecule has 1 atom stereocenters. The standard InChI is InChI=1S/C25H31ClFN3O4S/c1-3-22(25(32)28-19-11-5-6-12-19)29(16-18-10-4-7-13-20(18)26)24(31)17-30(35(2,33)34)23-15-9-8-14-21(23)27/h4,7-10,13-15,19,22H,3,5-6,11-12,16-17H2,1-2H3,(H,28,32)/t22-/m1/s1. The molecule has 0 heterocycles. The molecule has 3 rings (SSSR count). The highest BCUT2D eigenvalue weighted by atomic mass is 35.5. The Morgan fingerprint density at radius 3 is 2.34 bits per heavy atom. The van der Waals surface area contributed by atoms with E-state index in [1.54, 1.807) is 31.2 Å². The molecular weight excluding hydrogens is 493 g/mol. The molecule has 35 heavy (non-hydrogen) atoms. The van der Waals surface area contributed by atoms with Crippen LogP contribution < -0.4 is 9.62 Å². The average Bonchev–Trinajstić information content (AvgIpc) is 3.31. The van der Waals surface area contributed by atoms with Gasteiger partial charge in [0, 0.05) is 17.6 Å². The van der Waals surface area contributed by atoms with E-state index >= 15 is 0 Å². The maximum atomic E-state index is 14.5. The molecule has 1 N–H and O–H groups in total. The summed E-state index contributed by atoms with van der Waals surface area (Å²) in [6, 6.07) is 11.5. The van der Waals surface area contributed by atoms with Crippen LogP contribution in [0.5, 0.6) is 0 Å². The number of carbonyl (C=O) groups is 2. The first-order valence-corrected chi connectivity index (χ1v) is 13.9. The third-order valence-corrected chi connectivity index (χ3v) is 7.68. The zero-order valence-corrected chi connectivity index (χ0v) is 21.5. The summed E-state index contributed by atoms with van der Waals surface area (Å²) in [6.45, 7) is 1.14. The summed E-state index contributed by atoms with van der Waals surface area (Å²) in [7, 11) is -4.00. The monoisotopic (exact) mass is 523 g/mol. The Balaban J connectivity index is 1.94. The van der Waals surface area contributed by atoms with E-state index in [0.29, 0.717) is 17.0 Å². The molecule has 1 saturated carbocycles. The van der Waals surface area contributed by atoms with Gasteiger partial charge >= 0.3 is 0 Å². The molecule has 2 aromatic rings. The van der Waals surface area contributed by atoms with Crippen LogP contribution in [0.1, 0.15) is 44.6 Å². The van der Waals surface area contributed by atoms with E-state index in [0.717, 1.165) is 42.3 Å². The number of nitrogens with zero attached hydrogens (tertiary/aromatic N) is 2. The summed E-state index contributed by atoms with van der Waals surface area (Å²) < 4.78 is 40.3. The molecule has 1 aliphatic rings. The first-order chi connectivity index (χ1) is 16.6. The number of benzene rings is 2. The maximum absolute atomic E-state index is 14.5. The maximum Gasteiger partial charge on any atom is 0.244 e. The lowest BCUT2D eigenvalue weighted by Gasteiger charge is -2.33. The first-order valence-electron chi connectivity index (χ1n) is 11.7. The Labute approximate surface area is 211 Å². The number of carbonyl (C=O) groups excluding carboxylic acids is 2.